The number of fused-ring (bicyclic) bond motifs is 4. The minimum atomic E-state index is -1.92. The van der Waals surface area contributed by atoms with Crippen LogP contribution in [0.25, 0.3) is 0 Å². The quantitative estimate of drug-likeness (QED) is 0.0959. The molecule has 0 aromatic heterocycles. The van der Waals surface area contributed by atoms with Crippen LogP contribution >= 0.6 is 23.2 Å². The summed E-state index contributed by atoms with van der Waals surface area (Å²) in [6.45, 7) is 16.8. The van der Waals surface area contributed by atoms with Gasteiger partial charge in [-0.15, -0.1) is 0 Å². The summed E-state index contributed by atoms with van der Waals surface area (Å²) in [4.78, 5) is 14.2. The molecule has 11 heterocycles. The van der Waals surface area contributed by atoms with Crippen molar-refractivity contribution in [3.05, 3.63) is 21.2 Å². The fraction of sp³-hybridized carbons (Fsp3) is 0.892. The SMILES string of the molecule is COC[C@H]1O[C@@H](O[C@@H]2OC[C@@H]3O[C@@]4(OC[C@@](O)(C(C)C)[C@@H]5OCO[C@H]54)O[C@H]3[C@H]2O)[C@@H](OC)[C@@H](OC)[C@@H]1O[C@@H]1O[C@H](C)[C@H](C)[C@H](O[C@@H]2O[C@H](C)[C@H]3O[C@]4(C[C@@H](O)[C@H](O[C@H]5C[C@@H](O[C@H]6C[C@](C)(N)[C@@H](OC)[C@H](C)O6)[C@H](OC(=O)c6c(C)c(Cl)c(O)c(Cl)c6OC)[C@@H](C)O5)[C@@H](C)O4)O[C@@H]3[C@@H]2O)[C@H]1O. The zero-order valence-electron chi connectivity index (χ0n) is 58.6. The van der Waals surface area contributed by atoms with E-state index in [1.54, 1.807) is 48.7 Å². The number of rotatable bonds is 19. The molecule has 0 saturated carbocycles. The summed E-state index contributed by atoms with van der Waals surface area (Å²) in [6.07, 6.45) is -32.4. The Morgan fingerprint density at radius 2 is 1.31 bits per heavy atom. The summed E-state index contributed by atoms with van der Waals surface area (Å²) in [5, 5.41) is 70.0. The maximum absolute atomic E-state index is 14.2. The first kappa shape index (κ1) is 77.3. The standard InChI is InChI=1S/C65H99Cl2NO32/c1-23(2)63(75)21-84-65(56-55(63)82-22-83-56)97-34-20-81-58(42(72)48(34)100-65)95-61-53(79-14)52(78-13)49(33(90-61)19-76-11)94-59-41(71)44(24(3)26(5)87-59)93-60-43(73)51-47(28(7)88-60)98-64(99-51)17-31(69)45(29(8)96-64)91-35-16-32(89-36-18-62(10,68)54(80-15)30(9)86-36)46(27(6)85-35)92-57(74)37-25(4)38(66)40(70)39(67)50(37)77-12/h23-24,26-36,41-49,51-56,58-61,69-73,75H,16-22,68H2,1-15H3/t24-,26+,27+,28+,29+,30-,31+,32+,33+,34-,35-,36-,41+,42+,43-,44-,45+,46+,47+,48+,49+,51+,52-,53-,54-,55+,56+,58-,59-,60-,61-,62-,63+,64+,65+/m0/s1. The third-order valence-electron chi connectivity index (χ3n) is 21.5. The second kappa shape index (κ2) is 30.4. The monoisotopic (exact) mass is 1480 g/mol. The molecule has 11 aliphatic rings. The van der Waals surface area contributed by atoms with Crippen molar-refractivity contribution in [1.82, 2.24) is 0 Å². The molecule has 0 unspecified atom stereocenters. The van der Waals surface area contributed by atoms with Crippen LogP contribution in [0.5, 0.6) is 11.5 Å². The Balaban J connectivity index is 0.681. The molecule has 1 aromatic rings. The van der Waals surface area contributed by atoms with Crippen molar-refractivity contribution in [2.24, 2.45) is 17.6 Å². The van der Waals surface area contributed by atoms with Crippen LogP contribution in [-0.2, 0) is 114 Å². The van der Waals surface area contributed by atoms with Crippen molar-refractivity contribution in [1.29, 1.82) is 0 Å². The van der Waals surface area contributed by atoms with Crippen LogP contribution in [0.1, 0.15) is 97.5 Å². The molecule has 12 rings (SSSR count). The molecule has 2 spiro atoms. The molecule has 100 heavy (non-hydrogen) atoms. The summed E-state index contributed by atoms with van der Waals surface area (Å²) in [6, 6.07) is 0. The van der Waals surface area contributed by atoms with E-state index in [0.29, 0.717) is 0 Å². The number of ether oxygens (including phenoxy) is 25. The normalized spacial score (nSPS) is 49.6. The number of aromatic hydroxyl groups is 1. The van der Waals surface area contributed by atoms with E-state index in [0.717, 1.165) is 0 Å². The van der Waals surface area contributed by atoms with Gasteiger partial charge in [0.05, 0.1) is 81.1 Å². The van der Waals surface area contributed by atoms with Crippen LogP contribution in [0, 0.1) is 18.8 Å². The maximum atomic E-state index is 14.2. The first-order valence-electron chi connectivity index (χ1n) is 34.0. The first-order valence-corrected chi connectivity index (χ1v) is 34.8. The highest BCUT2D eigenvalue weighted by Crippen LogP contribution is 2.51. The number of benzene rings is 1. The molecule has 8 N–H and O–H groups in total. The molecule has 33 nitrogen and oxygen atoms in total. The van der Waals surface area contributed by atoms with E-state index in [-0.39, 0.29) is 78.7 Å². The molecular formula is C65H99Cl2NO32. The highest BCUT2D eigenvalue weighted by Gasteiger charge is 2.70. The number of nitrogens with two attached hydrogens (primary N) is 1. The fourth-order valence-corrected chi connectivity index (χ4v) is 16.4. The van der Waals surface area contributed by atoms with Gasteiger partial charge < -0.3 is 155 Å². The number of aliphatic hydroxyl groups excluding tert-OH is 4. The van der Waals surface area contributed by atoms with Crippen LogP contribution in [0.15, 0.2) is 0 Å². The second-order valence-electron chi connectivity index (χ2n) is 28.5. The molecule has 0 aliphatic carbocycles. The number of aliphatic hydroxyl groups is 5. The van der Waals surface area contributed by atoms with E-state index in [2.05, 4.69) is 0 Å². The number of esters is 1. The smallest absolute Gasteiger partial charge is 0.342 e. The van der Waals surface area contributed by atoms with Gasteiger partial charge in [-0.3, -0.25) is 0 Å². The van der Waals surface area contributed by atoms with Gasteiger partial charge in [0.15, 0.2) is 61.4 Å². The van der Waals surface area contributed by atoms with Crippen molar-refractivity contribution in [2.75, 3.05) is 62.2 Å². The van der Waals surface area contributed by atoms with E-state index in [1.165, 1.54) is 35.4 Å². The molecule has 11 fully saturated rings. The number of phenolic OH excluding ortho intramolecular Hbond substituents is 1. The van der Waals surface area contributed by atoms with Gasteiger partial charge in [-0.2, -0.15) is 0 Å². The zero-order valence-corrected chi connectivity index (χ0v) is 60.1. The van der Waals surface area contributed by atoms with Gasteiger partial charge in [0, 0.05) is 52.7 Å². The van der Waals surface area contributed by atoms with E-state index in [4.69, 9.17) is 147 Å². The number of carbonyl (C=O) groups is 1. The number of methoxy groups -OCH3 is 5. The summed E-state index contributed by atoms with van der Waals surface area (Å²) in [5.41, 5.74) is 4.46. The Morgan fingerprint density at radius 3 is 1.98 bits per heavy atom. The molecule has 0 amide bonds. The molecule has 0 radical (unpaired) electrons. The van der Waals surface area contributed by atoms with E-state index < -0.39 is 225 Å². The number of halogens is 2. The highest BCUT2D eigenvalue weighted by atomic mass is 35.5. The highest BCUT2D eigenvalue weighted by molar-refractivity contribution is 6.39. The molecule has 11 aliphatic heterocycles. The lowest BCUT2D eigenvalue weighted by Gasteiger charge is -2.50. The molecular weight excluding hydrogens is 1380 g/mol. The van der Waals surface area contributed by atoms with Crippen LogP contribution in [0.2, 0.25) is 10.0 Å². The Labute approximate surface area is 589 Å². The van der Waals surface area contributed by atoms with Crippen molar-refractivity contribution >= 4 is 29.2 Å². The Bertz CT molecular complexity index is 2970. The van der Waals surface area contributed by atoms with Crippen LogP contribution < -0.4 is 10.5 Å². The van der Waals surface area contributed by atoms with Gasteiger partial charge in [-0.25, -0.2) is 4.79 Å². The average molecular weight is 1480 g/mol. The van der Waals surface area contributed by atoms with Crippen molar-refractivity contribution in [2.45, 2.75) is 296 Å². The maximum Gasteiger partial charge on any atom is 0.342 e. The minimum absolute atomic E-state index is 0.0780. The zero-order chi connectivity index (χ0) is 72.1. The largest absolute Gasteiger partial charge is 0.505 e. The lowest BCUT2D eigenvalue weighted by Crippen LogP contribution is -2.68. The molecule has 11 saturated heterocycles. The van der Waals surface area contributed by atoms with Gasteiger partial charge in [0.25, 0.3) is 5.97 Å². The van der Waals surface area contributed by atoms with Gasteiger partial charge in [-0.05, 0) is 59.9 Å². The first-order chi connectivity index (χ1) is 47.4. The molecule has 1 aromatic carbocycles. The van der Waals surface area contributed by atoms with Crippen LogP contribution in [-0.4, -0.2) is 306 Å². The van der Waals surface area contributed by atoms with E-state index >= 15 is 0 Å². The van der Waals surface area contributed by atoms with E-state index in [1.807, 2.05) is 20.8 Å². The minimum Gasteiger partial charge on any atom is -0.505 e. The topological polar surface area (TPSA) is 395 Å². The van der Waals surface area contributed by atoms with Gasteiger partial charge in [0.2, 0.25) is 0 Å². The summed E-state index contributed by atoms with van der Waals surface area (Å²) >= 11 is 12.8. The van der Waals surface area contributed by atoms with Crippen molar-refractivity contribution < 1.29 is 154 Å². The third kappa shape index (κ3) is 14.2. The lowest BCUT2D eigenvalue weighted by atomic mass is 9.80. The Hall–Kier alpha value is -2.29. The average Bonchev–Trinajstić information content (AvgIpc) is 1.55. The molecule has 35 atom stereocenters. The number of hydrogen-bond donors (Lipinski definition) is 7. The summed E-state index contributed by atoms with van der Waals surface area (Å²) in [5.74, 6) is -6.11. The molecule has 570 valence electrons. The predicted molar refractivity (Wildman–Crippen MR) is 335 cm³/mol. The van der Waals surface area contributed by atoms with Crippen LogP contribution in [0.3, 0.4) is 0 Å². The van der Waals surface area contributed by atoms with Crippen molar-refractivity contribution in [3.8, 4) is 11.5 Å². The predicted octanol–water partition coefficient (Wildman–Crippen LogP) is 1.27. The summed E-state index contributed by atoms with van der Waals surface area (Å²) in [7, 11) is 7.11. The summed E-state index contributed by atoms with van der Waals surface area (Å²) < 4.78 is 156. The number of hydrogen-bond acceptors (Lipinski definition) is 33. The number of carbonyl (C=O) groups excluding carboxylic acids is 1. The Morgan fingerprint density at radius 1 is 0.640 bits per heavy atom. The fourth-order valence-electron chi connectivity index (χ4n) is 15.9. The number of phenols is 1. The van der Waals surface area contributed by atoms with Crippen molar-refractivity contribution in [3.63, 3.8) is 0 Å². The lowest BCUT2D eigenvalue weighted by molar-refractivity contribution is -0.419. The second-order valence-corrected chi connectivity index (χ2v) is 29.3. The van der Waals surface area contributed by atoms with Gasteiger partial charge in [0.1, 0.15) is 115 Å². The van der Waals surface area contributed by atoms with Gasteiger partial charge >= 0.3 is 11.9 Å². The third-order valence-corrected chi connectivity index (χ3v) is 22.3. The van der Waals surface area contributed by atoms with Gasteiger partial charge in [-0.1, -0.05) is 44.0 Å². The molecule has 35 heteroatoms. The Kier molecular flexibility index (Phi) is 23.5. The molecule has 0 bridgehead atoms. The van der Waals surface area contributed by atoms with E-state index in [9.17, 15) is 35.4 Å². The van der Waals surface area contributed by atoms with Crippen LogP contribution in [0.4, 0.5) is 0 Å².